The smallest absolute Gasteiger partial charge is 0.187 e. The van der Waals surface area contributed by atoms with Crippen LogP contribution in [0, 0.1) is 13.1 Å². The van der Waals surface area contributed by atoms with Crippen molar-refractivity contribution in [3.63, 3.8) is 0 Å². The predicted octanol–water partition coefficient (Wildman–Crippen LogP) is 7.64. The summed E-state index contributed by atoms with van der Waals surface area (Å²) in [4.78, 5) is 47.2. The van der Waals surface area contributed by atoms with Crippen molar-refractivity contribution in [3.05, 3.63) is 117 Å². The van der Waals surface area contributed by atoms with Gasteiger partial charge in [0.1, 0.15) is 23.6 Å². The lowest BCUT2D eigenvalue weighted by molar-refractivity contribution is -0.118. The van der Waals surface area contributed by atoms with Crippen molar-refractivity contribution >= 4 is 56.6 Å². The van der Waals surface area contributed by atoms with Crippen LogP contribution in [-0.4, -0.2) is 64.3 Å². The second-order valence-electron chi connectivity index (χ2n) is 13.0. The normalized spacial score (nSPS) is 15.2. The van der Waals surface area contributed by atoms with Gasteiger partial charge in [-0.3, -0.25) is 9.59 Å². The van der Waals surface area contributed by atoms with E-state index in [0.29, 0.717) is 41.5 Å². The Kier molecular flexibility index (Phi) is 12.4. The van der Waals surface area contributed by atoms with Crippen LogP contribution >= 0.6 is 11.6 Å². The molecule has 0 N–H and O–H groups in total. The minimum Gasteiger partial charge on any atom is -0.381 e. The highest BCUT2D eigenvalue weighted by Crippen LogP contribution is 2.39. The summed E-state index contributed by atoms with van der Waals surface area (Å²) < 4.78 is 8.62. The molecule has 14 heteroatoms. The summed E-state index contributed by atoms with van der Waals surface area (Å²) in [5.74, 6) is -0.0750. The lowest BCUT2D eigenvalue weighted by Gasteiger charge is -2.11. The number of fused-ring (bicyclic) bond motifs is 4. The number of nitrogens with zero attached hydrogens (tertiary/aromatic N) is 10. The Hall–Kier alpha value is -5.89. The summed E-state index contributed by atoms with van der Waals surface area (Å²) in [6, 6.07) is 10.9. The van der Waals surface area contributed by atoms with Crippen molar-refractivity contribution in [2.75, 3.05) is 13.2 Å². The number of hydrogen-bond donors (Lipinski definition) is 0. The zero-order chi connectivity index (χ0) is 38.0. The number of hydrogen-bond acceptors (Lipinski definition) is 9. The van der Waals surface area contributed by atoms with Crippen molar-refractivity contribution in [1.29, 1.82) is 0 Å². The highest BCUT2D eigenvalue weighted by Gasteiger charge is 2.34. The van der Waals surface area contributed by atoms with Gasteiger partial charge in [0.05, 0.1) is 47.9 Å². The summed E-state index contributed by atoms with van der Waals surface area (Å²) in [7, 11) is 0. The first-order chi connectivity index (χ1) is 26.3. The van der Waals surface area contributed by atoms with Gasteiger partial charge in [-0.25, -0.2) is 39.0 Å². The number of ketones is 2. The average molecular weight is 743 g/mol. The standard InChI is InChI=1S/C18H15N5O.C10H7NO.C8H9ClN4.C4H8O/c1-3-6-23-18-14(9-22-23)17(20-10-21-18)16-13-8-12(19-2)5-4-11(13)7-15(16)24;1-11-9-3-2-7-5-10(12)6-8(7)4-9;1-2-3-13-8-6(4-12-13)7(9)10-5-11-8;1-2-4-5-3-1/h4-5,8-10,16H,3,6-7H2,1H3;2-4H,5-6H2;4-5H,2-3H2,1H3;1-4H2. The van der Waals surface area contributed by atoms with Crippen LogP contribution in [0.1, 0.15) is 73.4 Å². The van der Waals surface area contributed by atoms with Crippen LogP contribution in [0.4, 0.5) is 11.4 Å². The Morgan fingerprint density at radius 1 is 0.759 bits per heavy atom. The number of aryl methyl sites for hydroxylation is 2. The fraction of sp³-hybridized carbons (Fsp3) is 0.350. The molecule has 4 aromatic heterocycles. The molecule has 0 saturated carbocycles. The van der Waals surface area contributed by atoms with Crippen LogP contribution in [0.25, 0.3) is 31.8 Å². The van der Waals surface area contributed by atoms with Gasteiger partial charge in [0.15, 0.2) is 28.5 Å². The Bertz CT molecular complexity index is 2380. The van der Waals surface area contributed by atoms with Gasteiger partial charge in [-0.1, -0.05) is 61.8 Å². The molecular formula is C40H39ClN10O3. The summed E-state index contributed by atoms with van der Waals surface area (Å²) in [6.07, 6.45) is 12.4. The first-order valence-corrected chi connectivity index (χ1v) is 18.3. The molecule has 0 spiro atoms. The summed E-state index contributed by atoms with van der Waals surface area (Å²) in [5, 5.41) is 10.7. The molecule has 5 heterocycles. The second kappa shape index (κ2) is 17.8. The molecule has 2 aliphatic carbocycles. The minimum atomic E-state index is -0.438. The summed E-state index contributed by atoms with van der Waals surface area (Å²) >= 11 is 5.87. The molecule has 2 aromatic carbocycles. The molecule has 1 atom stereocenters. The van der Waals surface area contributed by atoms with E-state index in [4.69, 9.17) is 29.5 Å². The zero-order valence-electron chi connectivity index (χ0n) is 30.2. The number of halogens is 1. The van der Waals surface area contributed by atoms with Gasteiger partial charge < -0.3 is 4.74 Å². The van der Waals surface area contributed by atoms with E-state index < -0.39 is 5.92 Å². The van der Waals surface area contributed by atoms with Gasteiger partial charge in [0.2, 0.25) is 0 Å². The number of ether oxygens (including phenoxy) is 1. The number of rotatable bonds is 5. The topological polar surface area (TPSA) is 139 Å². The Morgan fingerprint density at radius 3 is 1.98 bits per heavy atom. The number of carbonyl (C=O) groups excluding carboxylic acids is 2. The third-order valence-corrected chi connectivity index (χ3v) is 9.47. The van der Waals surface area contributed by atoms with Gasteiger partial charge in [-0.05, 0) is 47.9 Å². The van der Waals surface area contributed by atoms with E-state index in [1.54, 1.807) is 24.5 Å². The van der Waals surface area contributed by atoms with E-state index >= 15 is 0 Å². The van der Waals surface area contributed by atoms with Gasteiger partial charge in [-0.2, -0.15) is 10.2 Å². The van der Waals surface area contributed by atoms with E-state index in [-0.39, 0.29) is 11.6 Å². The summed E-state index contributed by atoms with van der Waals surface area (Å²) in [5.41, 5.74) is 7.41. The van der Waals surface area contributed by atoms with Gasteiger partial charge in [-0.15, -0.1) is 0 Å². The van der Waals surface area contributed by atoms with E-state index in [1.807, 2.05) is 33.6 Å². The molecule has 274 valence electrons. The van der Waals surface area contributed by atoms with Crippen LogP contribution in [0.15, 0.2) is 61.4 Å². The first kappa shape index (κ1) is 37.9. The largest absolute Gasteiger partial charge is 0.381 e. The average Bonchev–Trinajstić information content (AvgIpc) is 4.04. The lowest BCUT2D eigenvalue weighted by Crippen LogP contribution is -2.11. The first-order valence-electron chi connectivity index (χ1n) is 17.9. The zero-order valence-corrected chi connectivity index (χ0v) is 31.0. The van der Waals surface area contributed by atoms with Crippen LogP contribution in [-0.2, 0) is 46.7 Å². The maximum absolute atomic E-state index is 12.6. The third kappa shape index (κ3) is 8.49. The quantitative estimate of drug-likeness (QED) is 0.129. The number of aromatic nitrogens is 8. The molecule has 0 radical (unpaired) electrons. The molecule has 0 amide bonds. The van der Waals surface area contributed by atoms with Gasteiger partial charge in [0.25, 0.3) is 0 Å². The molecule has 1 fully saturated rings. The molecular weight excluding hydrogens is 704 g/mol. The van der Waals surface area contributed by atoms with E-state index in [2.05, 4.69) is 53.7 Å². The number of carbonyl (C=O) groups is 2. The Morgan fingerprint density at radius 2 is 1.35 bits per heavy atom. The number of benzene rings is 2. The van der Waals surface area contributed by atoms with Crippen LogP contribution in [0.2, 0.25) is 5.15 Å². The highest BCUT2D eigenvalue weighted by molar-refractivity contribution is 6.33. The van der Waals surface area contributed by atoms with Crippen molar-refractivity contribution in [2.24, 2.45) is 0 Å². The van der Waals surface area contributed by atoms with Gasteiger partial charge >= 0.3 is 0 Å². The molecule has 0 bridgehead atoms. The molecule has 1 saturated heterocycles. The fourth-order valence-electron chi connectivity index (χ4n) is 6.62. The van der Waals surface area contributed by atoms with E-state index in [9.17, 15) is 9.59 Å². The van der Waals surface area contributed by atoms with E-state index in [1.165, 1.54) is 25.5 Å². The molecule has 9 rings (SSSR count). The van der Waals surface area contributed by atoms with Crippen molar-refractivity contribution < 1.29 is 14.3 Å². The highest BCUT2D eigenvalue weighted by atomic mass is 35.5. The van der Waals surface area contributed by atoms with Crippen LogP contribution in [0.5, 0.6) is 0 Å². The van der Waals surface area contributed by atoms with Crippen molar-refractivity contribution in [1.82, 2.24) is 39.5 Å². The minimum absolute atomic E-state index is 0.107. The molecule has 54 heavy (non-hydrogen) atoms. The molecule has 3 aliphatic rings. The molecule has 6 aromatic rings. The maximum Gasteiger partial charge on any atom is 0.187 e. The van der Waals surface area contributed by atoms with Crippen molar-refractivity contribution in [3.8, 4) is 0 Å². The molecule has 1 unspecified atom stereocenters. The molecule has 13 nitrogen and oxygen atoms in total. The van der Waals surface area contributed by atoms with E-state index in [0.717, 1.165) is 83.5 Å². The second-order valence-corrected chi connectivity index (χ2v) is 13.3. The Balaban J connectivity index is 0.000000139. The maximum atomic E-state index is 12.6. The summed E-state index contributed by atoms with van der Waals surface area (Å²) in [6.45, 7) is 21.8. The molecule has 1 aliphatic heterocycles. The third-order valence-electron chi connectivity index (χ3n) is 9.17. The van der Waals surface area contributed by atoms with Gasteiger partial charge in [0, 0.05) is 45.6 Å². The fourth-order valence-corrected chi connectivity index (χ4v) is 6.79. The SMILES string of the molecule is C1CCOC1.CCCn1ncc2c(Cl)ncnc21.[C-]#[N+]c1ccc2c(c1)C(c1ncnc3c1cnn3CCC)C(=O)C2.[C-]#[N+]c1ccc2c(c1)CC(=O)C2. The monoisotopic (exact) mass is 742 g/mol. The van der Waals surface area contributed by atoms with Crippen LogP contribution in [0.3, 0.4) is 0 Å². The van der Waals surface area contributed by atoms with Crippen LogP contribution < -0.4 is 0 Å². The lowest BCUT2D eigenvalue weighted by atomic mass is 9.95. The van der Waals surface area contributed by atoms with Crippen molar-refractivity contribution in [2.45, 2.75) is 77.8 Å². The number of Topliss-reactive ketones (excluding diaryl/α,β-unsaturated/α-hetero) is 2. The predicted molar refractivity (Wildman–Crippen MR) is 205 cm³/mol. The Labute approximate surface area is 318 Å².